The summed E-state index contributed by atoms with van der Waals surface area (Å²) in [7, 11) is 1.64. The summed E-state index contributed by atoms with van der Waals surface area (Å²) in [5.74, 6) is -0.501. The Morgan fingerprint density at radius 1 is 1.19 bits per heavy atom. The average Bonchev–Trinajstić information content (AvgIpc) is 3.16. The summed E-state index contributed by atoms with van der Waals surface area (Å²) < 4.78 is 16.4. The van der Waals surface area contributed by atoms with Gasteiger partial charge in [-0.2, -0.15) is 0 Å². The topological polar surface area (TPSA) is 75.0 Å². The van der Waals surface area contributed by atoms with E-state index in [-0.39, 0.29) is 34.1 Å². The number of aromatic hydroxyl groups is 1. The van der Waals surface area contributed by atoms with Crippen LogP contribution in [0.15, 0.2) is 53.3 Å². The van der Waals surface area contributed by atoms with E-state index >= 15 is 0 Å². The van der Waals surface area contributed by atoms with Gasteiger partial charge < -0.3 is 15.4 Å². The molecule has 0 radical (unpaired) electrons. The van der Waals surface area contributed by atoms with E-state index in [0.717, 1.165) is 34.1 Å². The first-order valence-electron chi connectivity index (χ1n) is 10.1. The number of benzene rings is 2. The lowest BCUT2D eigenvalue weighted by molar-refractivity contribution is 0.392. The van der Waals surface area contributed by atoms with Crippen molar-refractivity contribution < 1.29 is 9.50 Å². The van der Waals surface area contributed by atoms with Crippen molar-refractivity contribution in [3.63, 3.8) is 0 Å². The third kappa shape index (κ3) is 3.19. The first kappa shape index (κ1) is 19.7. The van der Waals surface area contributed by atoms with E-state index in [1.54, 1.807) is 19.2 Å². The van der Waals surface area contributed by atoms with Crippen molar-refractivity contribution in [2.75, 3.05) is 6.54 Å². The van der Waals surface area contributed by atoms with Gasteiger partial charge in [0, 0.05) is 30.2 Å². The normalized spacial score (nSPS) is 15.9. The Morgan fingerprint density at radius 2 is 1.94 bits per heavy atom. The third-order valence-corrected chi connectivity index (χ3v) is 6.45. The lowest BCUT2D eigenvalue weighted by Crippen LogP contribution is -2.38. The van der Waals surface area contributed by atoms with Gasteiger partial charge in [-0.05, 0) is 48.0 Å². The highest BCUT2D eigenvalue weighted by molar-refractivity contribution is 7.71. The number of hydrogen-bond donors (Lipinski definition) is 3. The second-order valence-electron chi connectivity index (χ2n) is 7.80. The Hall–Kier alpha value is -3.23. The minimum Gasteiger partial charge on any atom is -0.494 e. The Morgan fingerprint density at radius 3 is 2.71 bits per heavy atom. The van der Waals surface area contributed by atoms with Crippen LogP contribution in [0, 0.1) is 10.6 Å². The van der Waals surface area contributed by atoms with Crippen LogP contribution in [0.5, 0.6) is 5.88 Å². The fraction of sp³-hybridized carbons (Fsp3) is 0.217. The molecule has 0 amide bonds. The van der Waals surface area contributed by atoms with E-state index in [0.29, 0.717) is 6.54 Å². The molecule has 5 rings (SSSR count). The quantitative estimate of drug-likeness (QED) is 0.430. The van der Waals surface area contributed by atoms with Crippen LogP contribution in [0.3, 0.4) is 0 Å². The molecule has 2 aromatic heterocycles. The van der Waals surface area contributed by atoms with Crippen LogP contribution in [-0.2, 0) is 20.0 Å². The Labute approximate surface area is 182 Å². The SMILES string of the molecule is Cn1c(O)c(C2NCCc3c2[nH]c2ccccc32)c(=O)n(Cc2ccc(F)cc2)c1=S. The number of halogens is 1. The highest BCUT2D eigenvalue weighted by atomic mass is 32.1. The van der Waals surface area contributed by atoms with Crippen LogP contribution >= 0.6 is 12.2 Å². The molecular formula is C23H21FN4O2S. The van der Waals surface area contributed by atoms with Crippen molar-refractivity contribution in [2.24, 2.45) is 7.05 Å². The van der Waals surface area contributed by atoms with Crippen LogP contribution in [-0.4, -0.2) is 25.8 Å². The summed E-state index contributed by atoms with van der Waals surface area (Å²) in [6.07, 6.45) is 0.825. The van der Waals surface area contributed by atoms with Gasteiger partial charge in [0.05, 0.1) is 12.6 Å². The van der Waals surface area contributed by atoms with E-state index in [9.17, 15) is 14.3 Å². The number of nitrogens with zero attached hydrogens (tertiary/aromatic N) is 2. The van der Waals surface area contributed by atoms with Crippen LogP contribution in [0.1, 0.15) is 28.4 Å². The van der Waals surface area contributed by atoms with E-state index in [2.05, 4.69) is 16.4 Å². The van der Waals surface area contributed by atoms with E-state index in [1.807, 2.05) is 18.2 Å². The monoisotopic (exact) mass is 436 g/mol. The Bertz CT molecular complexity index is 1420. The number of hydrogen-bond acceptors (Lipinski definition) is 4. The highest BCUT2D eigenvalue weighted by Gasteiger charge is 2.31. The maximum atomic E-state index is 13.6. The predicted molar refractivity (Wildman–Crippen MR) is 120 cm³/mol. The molecule has 0 spiro atoms. The van der Waals surface area contributed by atoms with Crippen molar-refractivity contribution in [1.29, 1.82) is 0 Å². The molecule has 1 aliphatic rings. The number of nitrogens with one attached hydrogen (secondary N) is 2. The van der Waals surface area contributed by atoms with Crippen molar-refractivity contribution >= 4 is 23.1 Å². The third-order valence-electron chi connectivity index (χ3n) is 5.95. The maximum absolute atomic E-state index is 13.6. The number of H-pyrrole nitrogens is 1. The minimum absolute atomic E-state index is 0.158. The van der Waals surface area contributed by atoms with E-state index in [1.165, 1.54) is 21.3 Å². The Balaban J connectivity index is 1.69. The van der Waals surface area contributed by atoms with Gasteiger partial charge >= 0.3 is 0 Å². The fourth-order valence-corrected chi connectivity index (χ4v) is 4.61. The standard InChI is InChI=1S/C23H21FN4O2S/c1-27-21(29)18(22(30)28(23(27)31)12-13-6-8-14(24)9-7-13)20-19-16(10-11-25-20)15-4-2-3-5-17(15)26-19/h2-9,20,25-26,29H,10-12H2,1H3. The Kier molecular flexibility index (Phi) is 4.75. The zero-order valence-corrected chi connectivity index (χ0v) is 17.7. The molecule has 0 fully saturated rings. The number of para-hydroxylation sites is 1. The second kappa shape index (κ2) is 7.47. The molecule has 2 aromatic carbocycles. The minimum atomic E-state index is -0.495. The molecule has 3 N–H and O–H groups in total. The number of fused-ring (bicyclic) bond motifs is 3. The van der Waals surface area contributed by atoms with Crippen LogP contribution in [0.25, 0.3) is 10.9 Å². The molecule has 4 aromatic rings. The van der Waals surface area contributed by atoms with Gasteiger partial charge in [0.1, 0.15) is 11.4 Å². The van der Waals surface area contributed by atoms with Gasteiger partial charge in [0.25, 0.3) is 5.56 Å². The molecule has 0 aliphatic carbocycles. The van der Waals surface area contributed by atoms with Crippen molar-refractivity contribution in [2.45, 2.75) is 19.0 Å². The van der Waals surface area contributed by atoms with Gasteiger partial charge in [-0.15, -0.1) is 0 Å². The summed E-state index contributed by atoms with van der Waals surface area (Å²) in [6.45, 7) is 0.862. The number of aromatic nitrogens is 3. The molecule has 6 nitrogen and oxygen atoms in total. The van der Waals surface area contributed by atoms with Gasteiger partial charge in [0.2, 0.25) is 5.88 Å². The first-order chi connectivity index (χ1) is 15.0. The lowest BCUT2D eigenvalue weighted by atomic mass is 9.95. The fourth-order valence-electron chi connectivity index (χ4n) is 4.37. The van der Waals surface area contributed by atoms with E-state index < -0.39 is 6.04 Å². The summed E-state index contributed by atoms with van der Waals surface area (Å²) >= 11 is 5.45. The van der Waals surface area contributed by atoms with Gasteiger partial charge in [-0.3, -0.25) is 13.9 Å². The summed E-state index contributed by atoms with van der Waals surface area (Å²) in [5, 5.41) is 15.4. The zero-order valence-electron chi connectivity index (χ0n) is 16.9. The molecule has 0 saturated heterocycles. The van der Waals surface area contributed by atoms with Gasteiger partial charge in [-0.25, -0.2) is 4.39 Å². The molecule has 0 bridgehead atoms. The molecule has 8 heteroatoms. The molecule has 3 heterocycles. The van der Waals surface area contributed by atoms with Crippen molar-refractivity contribution in [3.8, 4) is 5.88 Å². The summed E-state index contributed by atoms with van der Waals surface area (Å²) in [5.41, 5.74) is 3.64. The predicted octanol–water partition coefficient (Wildman–Crippen LogP) is 3.53. The molecule has 1 unspecified atom stereocenters. The molecule has 0 saturated carbocycles. The molecule has 158 valence electrons. The summed E-state index contributed by atoms with van der Waals surface area (Å²) in [4.78, 5) is 17.0. The molecule has 31 heavy (non-hydrogen) atoms. The lowest BCUT2D eigenvalue weighted by Gasteiger charge is -2.26. The van der Waals surface area contributed by atoms with Gasteiger partial charge in [0.15, 0.2) is 4.77 Å². The number of aromatic amines is 1. The molecule has 1 aliphatic heterocycles. The largest absolute Gasteiger partial charge is 0.494 e. The average molecular weight is 437 g/mol. The summed E-state index contributed by atoms with van der Waals surface area (Å²) in [6, 6.07) is 13.5. The van der Waals surface area contributed by atoms with Crippen LogP contribution < -0.4 is 10.9 Å². The zero-order chi connectivity index (χ0) is 21.7. The van der Waals surface area contributed by atoms with Crippen LogP contribution in [0.2, 0.25) is 0 Å². The van der Waals surface area contributed by atoms with Gasteiger partial charge in [-0.1, -0.05) is 30.3 Å². The highest BCUT2D eigenvalue weighted by Crippen LogP contribution is 2.35. The molecular weight excluding hydrogens is 415 g/mol. The first-order valence-corrected chi connectivity index (χ1v) is 10.5. The second-order valence-corrected chi connectivity index (χ2v) is 8.16. The smallest absolute Gasteiger partial charge is 0.263 e. The number of rotatable bonds is 3. The van der Waals surface area contributed by atoms with E-state index in [4.69, 9.17) is 12.2 Å². The van der Waals surface area contributed by atoms with Crippen LogP contribution in [0.4, 0.5) is 4.39 Å². The maximum Gasteiger partial charge on any atom is 0.263 e. The van der Waals surface area contributed by atoms with Crippen molar-refractivity contribution in [3.05, 3.63) is 91.9 Å². The van der Waals surface area contributed by atoms with Crippen molar-refractivity contribution in [1.82, 2.24) is 19.4 Å². The molecule has 1 atom stereocenters.